The number of hydrogen-bond acceptors (Lipinski definition) is 5. The molecule has 2 rings (SSSR count). The Morgan fingerprint density at radius 3 is 2.80 bits per heavy atom. The molecule has 0 aliphatic heterocycles. The summed E-state index contributed by atoms with van der Waals surface area (Å²) in [6, 6.07) is 6.59. The molecule has 0 spiro atoms. The molecule has 1 atom stereocenters. The van der Waals surface area contributed by atoms with Crippen molar-refractivity contribution in [3.63, 3.8) is 0 Å². The van der Waals surface area contributed by atoms with Gasteiger partial charge in [0.1, 0.15) is 6.33 Å². The number of hydrogen-bond donors (Lipinski definition) is 3. The Hall–Kier alpha value is -2.35. The van der Waals surface area contributed by atoms with Crippen LogP contribution in [0.4, 0.5) is 5.69 Å². The molecule has 2 aromatic rings. The number of aromatic amines is 1. The van der Waals surface area contributed by atoms with Gasteiger partial charge in [0.05, 0.1) is 16.5 Å². The number of aromatic nitrogens is 3. The molecule has 0 bridgehead atoms. The van der Waals surface area contributed by atoms with Crippen LogP contribution in [-0.2, 0) is 4.79 Å². The summed E-state index contributed by atoms with van der Waals surface area (Å²) < 4.78 is 0. The maximum absolute atomic E-state index is 12.1. The zero-order valence-electron chi connectivity index (χ0n) is 10.7. The Kier molecular flexibility index (Phi) is 4.36. The van der Waals surface area contributed by atoms with Crippen LogP contribution in [-0.4, -0.2) is 32.2 Å². The Bertz CT molecular complexity index is 614. The molecule has 0 fully saturated rings. The van der Waals surface area contributed by atoms with Gasteiger partial charge in [-0.1, -0.05) is 23.9 Å². The number of carbonyl (C=O) groups excluding carboxylic acids is 2. The van der Waals surface area contributed by atoms with E-state index in [1.165, 1.54) is 18.1 Å². The fourth-order valence-electron chi connectivity index (χ4n) is 1.51. The van der Waals surface area contributed by atoms with Crippen LogP contribution >= 0.6 is 11.8 Å². The minimum atomic E-state index is -0.587. The molecule has 0 aliphatic rings. The molecule has 20 heavy (non-hydrogen) atoms. The lowest BCUT2D eigenvalue weighted by molar-refractivity contribution is -0.115. The minimum Gasteiger partial charge on any atom is -0.366 e. The third kappa shape index (κ3) is 3.35. The average Bonchev–Trinajstić information content (AvgIpc) is 2.91. The third-order valence-electron chi connectivity index (χ3n) is 2.50. The first-order chi connectivity index (χ1) is 9.58. The highest BCUT2D eigenvalue weighted by Gasteiger charge is 2.18. The van der Waals surface area contributed by atoms with Crippen LogP contribution < -0.4 is 11.1 Å². The first-order valence-corrected chi connectivity index (χ1v) is 6.67. The molecule has 1 aromatic carbocycles. The van der Waals surface area contributed by atoms with Gasteiger partial charge in [-0.15, -0.1) is 0 Å². The highest BCUT2D eigenvalue weighted by molar-refractivity contribution is 8.00. The predicted octanol–water partition coefficient (Wildman–Crippen LogP) is 1.02. The van der Waals surface area contributed by atoms with Crippen molar-refractivity contribution in [3.8, 4) is 0 Å². The first-order valence-electron chi connectivity index (χ1n) is 5.79. The van der Waals surface area contributed by atoms with E-state index < -0.39 is 11.2 Å². The normalized spacial score (nSPS) is 11.8. The number of primary amides is 1. The molecular weight excluding hydrogens is 278 g/mol. The fourth-order valence-corrected chi connectivity index (χ4v) is 2.23. The topological polar surface area (TPSA) is 114 Å². The van der Waals surface area contributed by atoms with E-state index in [0.29, 0.717) is 10.8 Å². The SMILES string of the molecule is CC(Sc1ncn[nH]1)C(=O)Nc1ccccc1C(N)=O. The second-order valence-electron chi connectivity index (χ2n) is 3.95. The Labute approximate surface area is 119 Å². The van der Waals surface area contributed by atoms with Gasteiger partial charge < -0.3 is 11.1 Å². The lowest BCUT2D eigenvalue weighted by Crippen LogP contribution is -2.24. The Balaban J connectivity index is 2.06. The van der Waals surface area contributed by atoms with Gasteiger partial charge in [-0.05, 0) is 19.1 Å². The van der Waals surface area contributed by atoms with Crippen molar-refractivity contribution >= 4 is 29.3 Å². The van der Waals surface area contributed by atoms with Crippen molar-refractivity contribution in [1.82, 2.24) is 15.2 Å². The van der Waals surface area contributed by atoms with Gasteiger partial charge in [0.2, 0.25) is 5.91 Å². The van der Waals surface area contributed by atoms with E-state index in [2.05, 4.69) is 20.5 Å². The zero-order valence-corrected chi connectivity index (χ0v) is 11.5. The zero-order chi connectivity index (χ0) is 14.5. The molecule has 0 aliphatic carbocycles. The number of anilines is 1. The predicted molar refractivity (Wildman–Crippen MR) is 75.3 cm³/mol. The maximum Gasteiger partial charge on any atom is 0.250 e. The average molecular weight is 291 g/mol. The molecule has 2 amide bonds. The largest absolute Gasteiger partial charge is 0.366 e. The van der Waals surface area contributed by atoms with Crippen molar-refractivity contribution in [1.29, 1.82) is 0 Å². The number of rotatable bonds is 5. The van der Waals surface area contributed by atoms with Crippen LogP contribution in [0.25, 0.3) is 0 Å². The van der Waals surface area contributed by atoms with Crippen molar-refractivity contribution in [2.75, 3.05) is 5.32 Å². The number of amides is 2. The molecular formula is C12H13N5O2S. The number of nitrogens with zero attached hydrogens (tertiary/aromatic N) is 2. The van der Waals surface area contributed by atoms with Gasteiger partial charge in [0.25, 0.3) is 5.91 Å². The van der Waals surface area contributed by atoms with Gasteiger partial charge >= 0.3 is 0 Å². The molecule has 1 aromatic heterocycles. The fraction of sp³-hybridized carbons (Fsp3) is 0.167. The van der Waals surface area contributed by atoms with E-state index in [1.54, 1.807) is 31.2 Å². The number of thioether (sulfide) groups is 1. The summed E-state index contributed by atoms with van der Waals surface area (Å²) in [5, 5.41) is 9.20. The standard InChI is InChI=1S/C12H13N5O2S/c1-7(20-12-14-6-15-17-12)11(19)16-9-5-3-2-4-8(9)10(13)18/h2-7H,1H3,(H2,13,18)(H,16,19)(H,14,15,17). The van der Waals surface area contributed by atoms with E-state index in [4.69, 9.17) is 5.73 Å². The van der Waals surface area contributed by atoms with Gasteiger partial charge in [-0.3, -0.25) is 14.7 Å². The Morgan fingerprint density at radius 2 is 2.15 bits per heavy atom. The molecule has 0 saturated heterocycles. The molecule has 104 valence electrons. The van der Waals surface area contributed by atoms with E-state index in [-0.39, 0.29) is 11.5 Å². The van der Waals surface area contributed by atoms with Gasteiger partial charge in [-0.25, -0.2) is 4.98 Å². The molecule has 1 unspecified atom stereocenters. The van der Waals surface area contributed by atoms with Crippen molar-refractivity contribution in [2.45, 2.75) is 17.3 Å². The number of benzene rings is 1. The molecule has 7 nitrogen and oxygen atoms in total. The van der Waals surface area contributed by atoms with E-state index in [1.807, 2.05) is 0 Å². The summed E-state index contributed by atoms with van der Waals surface area (Å²) in [6.07, 6.45) is 1.37. The monoisotopic (exact) mass is 291 g/mol. The van der Waals surface area contributed by atoms with Crippen LogP contribution in [0.15, 0.2) is 35.7 Å². The number of H-pyrrole nitrogens is 1. The Morgan fingerprint density at radius 1 is 1.40 bits per heavy atom. The van der Waals surface area contributed by atoms with Crippen LogP contribution in [0.1, 0.15) is 17.3 Å². The van der Waals surface area contributed by atoms with E-state index in [0.717, 1.165) is 0 Å². The smallest absolute Gasteiger partial charge is 0.250 e. The summed E-state index contributed by atoms with van der Waals surface area (Å²) in [5.41, 5.74) is 5.93. The molecule has 4 N–H and O–H groups in total. The summed E-state index contributed by atoms with van der Waals surface area (Å²) in [7, 11) is 0. The first kappa shape index (κ1) is 14.1. The van der Waals surface area contributed by atoms with Gasteiger partial charge in [0, 0.05) is 0 Å². The van der Waals surface area contributed by atoms with Crippen molar-refractivity contribution < 1.29 is 9.59 Å². The maximum atomic E-state index is 12.1. The van der Waals surface area contributed by atoms with Gasteiger partial charge in [-0.2, -0.15) is 5.10 Å². The number of nitrogens with two attached hydrogens (primary N) is 1. The highest BCUT2D eigenvalue weighted by atomic mass is 32.2. The van der Waals surface area contributed by atoms with Crippen molar-refractivity contribution in [3.05, 3.63) is 36.2 Å². The third-order valence-corrected chi connectivity index (χ3v) is 3.49. The molecule has 0 radical (unpaired) electrons. The second kappa shape index (κ2) is 6.20. The van der Waals surface area contributed by atoms with Crippen LogP contribution in [0.2, 0.25) is 0 Å². The lowest BCUT2D eigenvalue weighted by Gasteiger charge is -2.12. The van der Waals surface area contributed by atoms with E-state index >= 15 is 0 Å². The summed E-state index contributed by atoms with van der Waals surface area (Å²) >= 11 is 1.23. The second-order valence-corrected chi connectivity index (χ2v) is 5.28. The lowest BCUT2D eigenvalue weighted by atomic mass is 10.1. The number of nitrogens with one attached hydrogen (secondary N) is 2. The van der Waals surface area contributed by atoms with E-state index in [9.17, 15) is 9.59 Å². The molecule has 0 saturated carbocycles. The quantitative estimate of drug-likeness (QED) is 0.712. The number of carbonyl (C=O) groups is 2. The summed E-state index contributed by atoms with van der Waals surface area (Å²) in [6.45, 7) is 1.73. The summed E-state index contributed by atoms with van der Waals surface area (Å²) in [5.74, 6) is -0.837. The number of para-hydroxylation sites is 1. The molecule has 1 heterocycles. The highest BCUT2D eigenvalue weighted by Crippen LogP contribution is 2.21. The van der Waals surface area contributed by atoms with Crippen LogP contribution in [0.3, 0.4) is 0 Å². The van der Waals surface area contributed by atoms with Crippen molar-refractivity contribution in [2.24, 2.45) is 5.73 Å². The minimum absolute atomic E-state index is 0.250. The molecule has 8 heteroatoms. The van der Waals surface area contributed by atoms with Crippen LogP contribution in [0, 0.1) is 0 Å². The summed E-state index contributed by atoms with van der Waals surface area (Å²) in [4.78, 5) is 27.3. The van der Waals surface area contributed by atoms with Gasteiger partial charge in [0.15, 0.2) is 5.16 Å². The van der Waals surface area contributed by atoms with Crippen LogP contribution in [0.5, 0.6) is 0 Å².